The van der Waals surface area contributed by atoms with Crippen molar-refractivity contribution >= 4 is 17.4 Å². The first-order valence-corrected chi connectivity index (χ1v) is 7.19. The molecule has 0 saturated heterocycles. The summed E-state index contributed by atoms with van der Waals surface area (Å²) in [5.41, 5.74) is 2.36. The van der Waals surface area contributed by atoms with Crippen molar-refractivity contribution in [2.75, 3.05) is 5.32 Å². The zero-order valence-corrected chi connectivity index (χ0v) is 12.6. The molecular formula is C17H16N4O2. The van der Waals surface area contributed by atoms with E-state index < -0.39 is 0 Å². The Kier molecular flexibility index (Phi) is 4.33. The summed E-state index contributed by atoms with van der Waals surface area (Å²) in [5, 5.41) is 13.8. The van der Waals surface area contributed by atoms with Crippen LogP contribution in [0.5, 0.6) is 0 Å². The topological polar surface area (TPSA) is 80.0 Å². The molecule has 0 aliphatic rings. The molecule has 0 spiro atoms. The molecule has 2 heterocycles. The lowest BCUT2D eigenvalue weighted by Crippen LogP contribution is -2.23. The summed E-state index contributed by atoms with van der Waals surface area (Å²) in [5.74, 6) is 0.969. The lowest BCUT2D eigenvalue weighted by molar-refractivity contribution is 0.0942. The van der Waals surface area contributed by atoms with Crippen LogP contribution in [-0.2, 0) is 6.54 Å². The Morgan fingerprint density at radius 3 is 2.57 bits per heavy atom. The number of hydrogen-bond donors (Lipinski definition) is 2. The van der Waals surface area contributed by atoms with E-state index >= 15 is 0 Å². The largest absolute Gasteiger partial charge is 0.467 e. The minimum Gasteiger partial charge on any atom is -0.467 e. The zero-order valence-electron chi connectivity index (χ0n) is 12.6. The molecule has 23 heavy (non-hydrogen) atoms. The van der Waals surface area contributed by atoms with Crippen molar-refractivity contribution in [2.45, 2.75) is 13.5 Å². The van der Waals surface area contributed by atoms with Crippen LogP contribution in [0, 0.1) is 6.92 Å². The molecule has 1 amide bonds. The number of aromatic nitrogens is 2. The van der Waals surface area contributed by atoms with E-state index in [1.807, 2.05) is 31.2 Å². The highest BCUT2D eigenvalue weighted by atomic mass is 16.3. The second-order valence-electron chi connectivity index (χ2n) is 5.06. The first kappa shape index (κ1) is 14.8. The Balaban J connectivity index is 1.59. The Bertz CT molecular complexity index is 765. The molecule has 0 aliphatic carbocycles. The number of aryl methyl sites for hydroxylation is 1. The number of carbonyl (C=O) groups excluding carboxylic acids is 1. The van der Waals surface area contributed by atoms with Crippen LogP contribution in [0.1, 0.15) is 21.8 Å². The molecule has 116 valence electrons. The van der Waals surface area contributed by atoms with Crippen molar-refractivity contribution in [1.82, 2.24) is 15.5 Å². The fraction of sp³-hybridized carbons (Fsp3) is 0.118. The van der Waals surface area contributed by atoms with Gasteiger partial charge in [0.05, 0.1) is 12.8 Å². The van der Waals surface area contributed by atoms with Crippen LogP contribution in [0.3, 0.4) is 0 Å². The van der Waals surface area contributed by atoms with E-state index in [1.165, 1.54) is 5.56 Å². The molecule has 0 radical (unpaired) electrons. The molecule has 0 fully saturated rings. The van der Waals surface area contributed by atoms with Crippen LogP contribution in [0.2, 0.25) is 0 Å². The standard InChI is InChI=1S/C17H16N4O2/c1-12-4-6-13(7-5-12)19-16-9-8-15(20-21-16)17(22)18-11-14-3-2-10-23-14/h2-10H,11H2,1H3,(H,18,22)(H,19,21). The summed E-state index contributed by atoms with van der Waals surface area (Å²) in [6, 6.07) is 14.8. The molecule has 3 aromatic rings. The van der Waals surface area contributed by atoms with Gasteiger partial charge in [-0.2, -0.15) is 0 Å². The second-order valence-corrected chi connectivity index (χ2v) is 5.06. The lowest BCUT2D eigenvalue weighted by Gasteiger charge is -2.06. The van der Waals surface area contributed by atoms with Crippen molar-refractivity contribution < 1.29 is 9.21 Å². The Morgan fingerprint density at radius 2 is 1.91 bits per heavy atom. The van der Waals surface area contributed by atoms with Gasteiger partial charge in [-0.3, -0.25) is 4.79 Å². The van der Waals surface area contributed by atoms with Crippen molar-refractivity contribution in [3.63, 3.8) is 0 Å². The van der Waals surface area contributed by atoms with Crippen LogP contribution in [0.25, 0.3) is 0 Å². The fourth-order valence-corrected chi connectivity index (χ4v) is 1.98. The predicted octanol–water partition coefficient (Wildman–Crippen LogP) is 3.05. The number of rotatable bonds is 5. The van der Waals surface area contributed by atoms with Crippen molar-refractivity contribution in [1.29, 1.82) is 0 Å². The summed E-state index contributed by atoms with van der Waals surface area (Å²) in [6.07, 6.45) is 1.56. The quantitative estimate of drug-likeness (QED) is 0.757. The van der Waals surface area contributed by atoms with Gasteiger partial charge in [-0.05, 0) is 43.3 Å². The van der Waals surface area contributed by atoms with Gasteiger partial charge in [0.15, 0.2) is 11.5 Å². The molecule has 0 unspecified atom stereocenters. The van der Waals surface area contributed by atoms with Gasteiger partial charge in [0.25, 0.3) is 5.91 Å². The Morgan fingerprint density at radius 1 is 1.09 bits per heavy atom. The average molecular weight is 308 g/mol. The van der Waals surface area contributed by atoms with E-state index in [4.69, 9.17) is 4.42 Å². The van der Waals surface area contributed by atoms with Crippen LogP contribution in [-0.4, -0.2) is 16.1 Å². The van der Waals surface area contributed by atoms with Gasteiger partial charge in [-0.25, -0.2) is 0 Å². The molecular weight excluding hydrogens is 292 g/mol. The summed E-state index contributed by atoms with van der Waals surface area (Å²) >= 11 is 0. The van der Waals surface area contributed by atoms with Gasteiger partial charge in [0, 0.05) is 5.69 Å². The maximum absolute atomic E-state index is 12.0. The minimum atomic E-state index is -0.296. The number of hydrogen-bond acceptors (Lipinski definition) is 5. The first-order chi connectivity index (χ1) is 11.2. The van der Waals surface area contributed by atoms with Crippen LogP contribution in [0.4, 0.5) is 11.5 Å². The van der Waals surface area contributed by atoms with E-state index in [1.54, 1.807) is 30.5 Å². The minimum absolute atomic E-state index is 0.256. The van der Waals surface area contributed by atoms with Crippen molar-refractivity contribution in [3.05, 3.63) is 71.8 Å². The average Bonchev–Trinajstić information content (AvgIpc) is 3.09. The van der Waals surface area contributed by atoms with Gasteiger partial charge < -0.3 is 15.1 Å². The lowest BCUT2D eigenvalue weighted by atomic mass is 10.2. The van der Waals surface area contributed by atoms with Gasteiger partial charge in [-0.15, -0.1) is 10.2 Å². The molecule has 6 heteroatoms. The molecule has 0 aliphatic heterocycles. The van der Waals surface area contributed by atoms with Gasteiger partial charge in [-0.1, -0.05) is 17.7 Å². The number of anilines is 2. The third-order valence-corrected chi connectivity index (χ3v) is 3.22. The van der Waals surface area contributed by atoms with E-state index in [0.717, 1.165) is 5.69 Å². The Labute approximate surface area is 133 Å². The predicted molar refractivity (Wildman–Crippen MR) is 86.4 cm³/mol. The van der Waals surface area contributed by atoms with Gasteiger partial charge in [0.2, 0.25) is 0 Å². The fourth-order valence-electron chi connectivity index (χ4n) is 1.98. The van der Waals surface area contributed by atoms with Gasteiger partial charge in [0.1, 0.15) is 5.76 Å². The van der Waals surface area contributed by atoms with Crippen LogP contribution in [0.15, 0.2) is 59.2 Å². The molecule has 0 atom stereocenters. The molecule has 6 nitrogen and oxygen atoms in total. The molecule has 2 N–H and O–H groups in total. The summed E-state index contributed by atoms with van der Waals surface area (Å²) in [7, 11) is 0. The van der Waals surface area contributed by atoms with Crippen molar-refractivity contribution in [3.8, 4) is 0 Å². The Hall–Kier alpha value is -3.15. The third-order valence-electron chi connectivity index (χ3n) is 3.22. The van der Waals surface area contributed by atoms with Crippen molar-refractivity contribution in [2.24, 2.45) is 0 Å². The second kappa shape index (κ2) is 6.74. The van der Waals surface area contributed by atoms with Crippen LogP contribution >= 0.6 is 0 Å². The molecule has 0 saturated carbocycles. The summed E-state index contributed by atoms with van der Waals surface area (Å²) < 4.78 is 5.15. The number of benzene rings is 1. The number of amides is 1. The van der Waals surface area contributed by atoms with Crippen LogP contribution < -0.4 is 10.6 Å². The highest BCUT2D eigenvalue weighted by Crippen LogP contribution is 2.14. The smallest absolute Gasteiger partial charge is 0.272 e. The molecule has 2 aromatic heterocycles. The summed E-state index contributed by atoms with van der Waals surface area (Å²) in [6.45, 7) is 2.34. The maximum atomic E-state index is 12.0. The van der Waals surface area contributed by atoms with E-state index in [0.29, 0.717) is 18.1 Å². The molecule has 0 bridgehead atoms. The van der Waals surface area contributed by atoms with E-state index in [2.05, 4.69) is 20.8 Å². The number of nitrogens with zero attached hydrogens (tertiary/aromatic N) is 2. The van der Waals surface area contributed by atoms with E-state index in [-0.39, 0.29) is 11.6 Å². The number of carbonyl (C=O) groups is 1. The SMILES string of the molecule is Cc1ccc(Nc2ccc(C(=O)NCc3ccco3)nn2)cc1. The van der Waals surface area contributed by atoms with Gasteiger partial charge >= 0.3 is 0 Å². The third kappa shape index (κ3) is 3.94. The molecule has 1 aromatic carbocycles. The maximum Gasteiger partial charge on any atom is 0.272 e. The van der Waals surface area contributed by atoms with E-state index in [9.17, 15) is 4.79 Å². The normalized spacial score (nSPS) is 10.3. The highest BCUT2D eigenvalue weighted by molar-refractivity contribution is 5.92. The summed E-state index contributed by atoms with van der Waals surface area (Å²) in [4.78, 5) is 12.0. The zero-order chi connectivity index (χ0) is 16.1. The monoisotopic (exact) mass is 308 g/mol. The highest BCUT2D eigenvalue weighted by Gasteiger charge is 2.08. The molecule has 3 rings (SSSR count). The number of nitrogens with one attached hydrogen (secondary N) is 2. The first-order valence-electron chi connectivity index (χ1n) is 7.19. The number of furan rings is 1.